The molecule has 0 aromatic heterocycles. The SMILES string of the molecule is [CH2-][N+]1(C2CCC[C@@H]2OCc2ccccc2)CC(=O)OB(C2OC2c2ccccc2)OC(=O)C1. The van der Waals surface area contributed by atoms with Crippen molar-refractivity contribution in [2.24, 2.45) is 0 Å². The van der Waals surface area contributed by atoms with Crippen molar-refractivity contribution in [1.82, 2.24) is 0 Å². The molecule has 5 rings (SSSR count). The van der Waals surface area contributed by atoms with Crippen molar-refractivity contribution in [3.05, 3.63) is 78.8 Å². The summed E-state index contributed by atoms with van der Waals surface area (Å²) in [5.74, 6) is -0.892. The lowest BCUT2D eigenvalue weighted by Gasteiger charge is -2.48. The Morgan fingerprint density at radius 2 is 1.58 bits per heavy atom. The third kappa shape index (κ3) is 4.98. The highest BCUT2D eigenvalue weighted by atomic mass is 16.7. The number of epoxide rings is 1. The van der Waals surface area contributed by atoms with Gasteiger partial charge in [0.25, 0.3) is 0 Å². The standard InChI is InChI=1S/C25H28BNO6/c1-27(20-13-8-14-21(20)30-17-18-9-4-2-5-10-18)15-22(28)32-26(33-23(29)16-27)25-24(31-25)19-11-6-3-7-12-19/h2-7,9-12,20-21,24-25H,1,8,13-17H2/t20?,21-,24?,25?/m0/s1. The van der Waals surface area contributed by atoms with Gasteiger partial charge in [-0.25, -0.2) is 9.59 Å². The van der Waals surface area contributed by atoms with Gasteiger partial charge >= 0.3 is 19.1 Å². The maximum absolute atomic E-state index is 12.8. The highest BCUT2D eigenvalue weighted by Crippen LogP contribution is 2.41. The first-order chi connectivity index (χ1) is 16.0. The summed E-state index contributed by atoms with van der Waals surface area (Å²) >= 11 is 0. The van der Waals surface area contributed by atoms with E-state index in [9.17, 15) is 9.59 Å². The second-order valence-electron chi connectivity index (χ2n) is 9.15. The topological polar surface area (TPSA) is 74.4 Å². The van der Waals surface area contributed by atoms with Gasteiger partial charge in [0, 0.05) is 0 Å². The van der Waals surface area contributed by atoms with E-state index in [-0.39, 0.29) is 35.8 Å². The largest absolute Gasteiger partial charge is 0.633 e. The van der Waals surface area contributed by atoms with Crippen LogP contribution in [0.25, 0.3) is 0 Å². The van der Waals surface area contributed by atoms with E-state index in [4.69, 9.17) is 18.8 Å². The maximum atomic E-state index is 12.8. The summed E-state index contributed by atoms with van der Waals surface area (Å²) in [4.78, 5) is 25.6. The second kappa shape index (κ2) is 9.29. The molecule has 1 aliphatic carbocycles. The zero-order valence-electron chi connectivity index (χ0n) is 18.5. The first kappa shape index (κ1) is 22.1. The first-order valence-corrected chi connectivity index (χ1v) is 11.5. The van der Waals surface area contributed by atoms with Crippen LogP contribution in [0.3, 0.4) is 0 Å². The van der Waals surface area contributed by atoms with Crippen molar-refractivity contribution in [1.29, 1.82) is 0 Å². The normalized spacial score (nSPS) is 29.1. The van der Waals surface area contributed by atoms with E-state index in [0.717, 1.165) is 30.4 Å². The smallest absolute Gasteiger partial charge is 0.493 e. The third-order valence-corrected chi connectivity index (χ3v) is 6.73. The van der Waals surface area contributed by atoms with E-state index in [1.807, 2.05) is 60.7 Å². The van der Waals surface area contributed by atoms with E-state index < -0.39 is 25.1 Å². The van der Waals surface area contributed by atoms with Crippen LogP contribution in [0.1, 0.15) is 36.5 Å². The Balaban J connectivity index is 1.24. The number of ether oxygens (including phenoxy) is 2. The quantitative estimate of drug-likeness (QED) is 0.292. The van der Waals surface area contributed by atoms with Crippen LogP contribution in [0.15, 0.2) is 60.7 Å². The number of hydrogen-bond donors (Lipinski definition) is 0. The zero-order chi connectivity index (χ0) is 22.8. The van der Waals surface area contributed by atoms with Gasteiger partial charge in [-0.3, -0.25) is 0 Å². The molecule has 3 unspecified atom stereocenters. The first-order valence-electron chi connectivity index (χ1n) is 11.5. The fourth-order valence-electron chi connectivity index (χ4n) is 5.04. The van der Waals surface area contributed by atoms with E-state index in [1.165, 1.54) is 0 Å². The molecule has 8 heteroatoms. The van der Waals surface area contributed by atoms with Crippen LogP contribution < -0.4 is 0 Å². The summed E-state index contributed by atoms with van der Waals surface area (Å²) in [5.41, 5.74) is 2.05. The molecule has 0 spiro atoms. The summed E-state index contributed by atoms with van der Waals surface area (Å²) in [6.07, 6.45) is 2.32. The molecule has 0 amide bonds. The van der Waals surface area contributed by atoms with Crippen LogP contribution in [0.5, 0.6) is 0 Å². The molecule has 7 nitrogen and oxygen atoms in total. The Morgan fingerprint density at radius 1 is 0.939 bits per heavy atom. The van der Waals surface area contributed by atoms with Gasteiger partial charge < -0.3 is 23.3 Å². The number of rotatable bonds is 6. The summed E-state index contributed by atoms with van der Waals surface area (Å²) < 4.78 is 23.0. The Morgan fingerprint density at radius 3 is 2.24 bits per heavy atom. The van der Waals surface area contributed by atoms with Gasteiger partial charge in [-0.05, 0) is 30.4 Å². The molecule has 0 bridgehead atoms. The molecule has 2 aromatic carbocycles. The van der Waals surface area contributed by atoms with E-state index in [2.05, 4.69) is 7.05 Å². The minimum atomic E-state index is -1.04. The lowest BCUT2D eigenvalue weighted by Crippen LogP contribution is -2.61. The van der Waals surface area contributed by atoms with Crippen LogP contribution in [0.4, 0.5) is 0 Å². The maximum Gasteiger partial charge on any atom is 0.633 e. The molecular weight excluding hydrogens is 421 g/mol. The Kier molecular flexibility index (Phi) is 6.23. The van der Waals surface area contributed by atoms with Crippen molar-refractivity contribution >= 4 is 19.1 Å². The van der Waals surface area contributed by atoms with Gasteiger partial charge in [0.1, 0.15) is 12.2 Å². The molecule has 2 heterocycles. The second-order valence-corrected chi connectivity index (χ2v) is 9.15. The number of benzene rings is 2. The van der Waals surface area contributed by atoms with Gasteiger partial charge in [-0.2, -0.15) is 0 Å². The van der Waals surface area contributed by atoms with Gasteiger partial charge in [0.2, 0.25) is 0 Å². The number of carbonyl (C=O) groups is 2. The van der Waals surface area contributed by atoms with Crippen LogP contribution in [0.2, 0.25) is 0 Å². The van der Waals surface area contributed by atoms with Crippen LogP contribution in [-0.4, -0.2) is 54.8 Å². The van der Waals surface area contributed by atoms with Gasteiger partial charge in [0.15, 0.2) is 19.1 Å². The van der Waals surface area contributed by atoms with Crippen LogP contribution >= 0.6 is 0 Å². The number of nitrogens with zero attached hydrogens (tertiary/aromatic N) is 1. The Labute approximate surface area is 194 Å². The molecule has 2 aliphatic heterocycles. The zero-order valence-corrected chi connectivity index (χ0v) is 18.5. The van der Waals surface area contributed by atoms with Crippen molar-refractivity contribution in [3.63, 3.8) is 0 Å². The monoisotopic (exact) mass is 449 g/mol. The lowest BCUT2D eigenvalue weighted by atomic mass is 9.80. The Bertz CT molecular complexity index is 967. The fourth-order valence-corrected chi connectivity index (χ4v) is 5.04. The average molecular weight is 449 g/mol. The summed E-state index contributed by atoms with van der Waals surface area (Å²) in [6, 6.07) is 19.0. The molecule has 3 fully saturated rings. The number of carbonyl (C=O) groups excluding carboxylic acids is 2. The van der Waals surface area contributed by atoms with Crippen LogP contribution in [-0.2, 0) is 35.0 Å². The van der Waals surface area contributed by atoms with Crippen LogP contribution in [0, 0.1) is 7.05 Å². The molecule has 2 aromatic rings. The highest BCUT2D eigenvalue weighted by Gasteiger charge is 2.57. The van der Waals surface area contributed by atoms with Gasteiger partial charge in [-0.1, -0.05) is 60.7 Å². The Hall–Kier alpha value is -2.68. The third-order valence-electron chi connectivity index (χ3n) is 6.73. The molecule has 172 valence electrons. The van der Waals surface area contributed by atoms with E-state index in [0.29, 0.717) is 6.61 Å². The average Bonchev–Trinajstić information content (AvgIpc) is 3.46. The van der Waals surface area contributed by atoms with Crippen molar-refractivity contribution in [2.45, 2.75) is 50.1 Å². The fraction of sp³-hybridized carbons (Fsp3) is 0.400. The molecule has 0 N–H and O–H groups in total. The number of hydrogen-bond acceptors (Lipinski definition) is 6. The molecule has 2 saturated heterocycles. The summed E-state index contributed by atoms with van der Waals surface area (Å²) in [5, 5.41) is 0. The number of quaternary nitrogens is 1. The van der Waals surface area contributed by atoms with Crippen molar-refractivity contribution in [2.75, 3.05) is 13.1 Å². The van der Waals surface area contributed by atoms with E-state index >= 15 is 0 Å². The van der Waals surface area contributed by atoms with E-state index in [1.54, 1.807) is 0 Å². The minimum absolute atomic E-state index is 0.00973. The van der Waals surface area contributed by atoms with Gasteiger partial charge in [-0.15, -0.1) is 7.05 Å². The molecule has 1 saturated carbocycles. The minimum Gasteiger partial charge on any atom is -0.493 e. The van der Waals surface area contributed by atoms with Gasteiger partial charge in [0.05, 0.1) is 12.6 Å². The van der Waals surface area contributed by atoms with Crippen molar-refractivity contribution < 1.29 is 32.9 Å². The summed E-state index contributed by atoms with van der Waals surface area (Å²) in [6.45, 7) is 0.466. The van der Waals surface area contributed by atoms with Crippen molar-refractivity contribution in [3.8, 4) is 0 Å². The molecule has 4 atom stereocenters. The molecule has 33 heavy (non-hydrogen) atoms. The predicted molar refractivity (Wildman–Crippen MR) is 120 cm³/mol. The predicted octanol–water partition coefficient (Wildman–Crippen LogP) is 3.00. The lowest BCUT2D eigenvalue weighted by molar-refractivity contribution is -0.899. The molecule has 0 radical (unpaired) electrons. The summed E-state index contributed by atoms with van der Waals surface area (Å²) in [7, 11) is 3.25. The highest BCUT2D eigenvalue weighted by molar-refractivity contribution is 6.51. The molecule has 3 aliphatic rings. The molecular formula is C25H28BNO6.